The first-order valence-corrected chi connectivity index (χ1v) is 7.30. The summed E-state index contributed by atoms with van der Waals surface area (Å²) in [6.45, 7) is 1.38. The average molecular weight is 322 g/mol. The molecule has 0 saturated carbocycles. The Bertz CT molecular complexity index is 587. The van der Waals surface area contributed by atoms with Crippen molar-refractivity contribution >= 4 is 28.1 Å². The van der Waals surface area contributed by atoms with E-state index in [0.29, 0.717) is 6.54 Å². The molecule has 1 aliphatic rings. The lowest BCUT2D eigenvalue weighted by Gasteiger charge is -2.22. The third-order valence-corrected chi connectivity index (χ3v) is 5.16. The van der Waals surface area contributed by atoms with Crippen molar-refractivity contribution in [3.63, 3.8) is 0 Å². The molecule has 1 unspecified atom stereocenters. The SMILES string of the molecule is CN(C1CCNC1)S(=O)(=O)c1cccc([N+](=O)[O-])c1.Cl. The summed E-state index contributed by atoms with van der Waals surface area (Å²) >= 11 is 0. The Morgan fingerprint density at radius 2 is 2.15 bits per heavy atom. The summed E-state index contributed by atoms with van der Waals surface area (Å²) in [4.78, 5) is 10.0. The Morgan fingerprint density at radius 3 is 2.70 bits per heavy atom. The number of nitrogens with one attached hydrogen (secondary N) is 1. The Morgan fingerprint density at radius 1 is 1.45 bits per heavy atom. The molecule has 9 heteroatoms. The Balaban J connectivity index is 0.00000200. The van der Waals surface area contributed by atoms with Crippen molar-refractivity contribution in [3.05, 3.63) is 34.4 Å². The molecule has 0 aromatic heterocycles. The maximum Gasteiger partial charge on any atom is 0.270 e. The van der Waals surface area contributed by atoms with E-state index in [0.717, 1.165) is 19.0 Å². The summed E-state index contributed by atoms with van der Waals surface area (Å²) in [5, 5.41) is 13.8. The molecule has 1 aliphatic heterocycles. The fraction of sp³-hybridized carbons (Fsp3) is 0.455. The molecule has 112 valence electrons. The van der Waals surface area contributed by atoms with Crippen molar-refractivity contribution in [3.8, 4) is 0 Å². The molecule has 1 fully saturated rings. The summed E-state index contributed by atoms with van der Waals surface area (Å²) < 4.78 is 26.0. The van der Waals surface area contributed by atoms with Crippen LogP contribution in [-0.2, 0) is 10.0 Å². The molecular formula is C11H16ClN3O4S. The van der Waals surface area contributed by atoms with E-state index in [1.165, 1.54) is 29.6 Å². The number of non-ortho nitro benzene ring substituents is 1. The molecule has 1 heterocycles. The quantitative estimate of drug-likeness (QED) is 0.659. The van der Waals surface area contributed by atoms with Crippen molar-refractivity contribution in [1.82, 2.24) is 9.62 Å². The van der Waals surface area contributed by atoms with E-state index in [1.54, 1.807) is 0 Å². The number of hydrogen-bond acceptors (Lipinski definition) is 5. The molecule has 2 rings (SSSR count). The highest BCUT2D eigenvalue weighted by Gasteiger charge is 2.30. The molecule has 1 saturated heterocycles. The predicted molar refractivity (Wildman–Crippen MR) is 76.6 cm³/mol. The number of nitro benzene ring substituents is 1. The fourth-order valence-electron chi connectivity index (χ4n) is 2.07. The van der Waals surface area contributed by atoms with Gasteiger partial charge >= 0.3 is 0 Å². The van der Waals surface area contributed by atoms with E-state index in [1.807, 2.05) is 0 Å². The van der Waals surface area contributed by atoms with Crippen molar-refractivity contribution in [2.75, 3.05) is 20.1 Å². The van der Waals surface area contributed by atoms with Gasteiger partial charge in [-0.1, -0.05) is 6.07 Å². The van der Waals surface area contributed by atoms with Crippen LogP contribution in [0.1, 0.15) is 6.42 Å². The molecule has 0 radical (unpaired) electrons. The van der Waals surface area contributed by atoms with E-state index >= 15 is 0 Å². The van der Waals surface area contributed by atoms with Crippen LogP contribution in [0.3, 0.4) is 0 Å². The van der Waals surface area contributed by atoms with Gasteiger partial charge in [0.2, 0.25) is 10.0 Å². The van der Waals surface area contributed by atoms with Crippen LogP contribution in [0, 0.1) is 10.1 Å². The first-order valence-electron chi connectivity index (χ1n) is 5.86. The summed E-state index contributed by atoms with van der Waals surface area (Å²) in [5.41, 5.74) is -0.223. The second kappa shape index (κ2) is 6.49. The van der Waals surface area contributed by atoms with Crippen molar-refractivity contribution in [2.24, 2.45) is 0 Å². The van der Waals surface area contributed by atoms with Gasteiger partial charge in [-0.2, -0.15) is 4.31 Å². The highest BCUT2D eigenvalue weighted by Crippen LogP contribution is 2.22. The molecule has 1 atom stereocenters. The minimum Gasteiger partial charge on any atom is -0.315 e. The van der Waals surface area contributed by atoms with Crippen LogP contribution in [0.2, 0.25) is 0 Å². The van der Waals surface area contributed by atoms with Gasteiger partial charge in [-0.3, -0.25) is 10.1 Å². The van der Waals surface area contributed by atoms with Gasteiger partial charge in [0.15, 0.2) is 0 Å². The number of halogens is 1. The standard InChI is InChI=1S/C11H15N3O4S.ClH/c1-13(10-5-6-12-8-10)19(17,18)11-4-2-3-9(7-11)14(15)16;/h2-4,7,10,12H,5-6,8H2,1H3;1H. The van der Waals surface area contributed by atoms with E-state index in [-0.39, 0.29) is 29.0 Å². The highest BCUT2D eigenvalue weighted by atomic mass is 35.5. The Kier molecular flexibility index (Phi) is 5.46. The van der Waals surface area contributed by atoms with Crippen LogP contribution < -0.4 is 5.32 Å². The van der Waals surface area contributed by atoms with Crippen molar-refractivity contribution in [1.29, 1.82) is 0 Å². The second-order valence-electron chi connectivity index (χ2n) is 4.42. The first kappa shape index (κ1) is 16.8. The Labute approximate surface area is 123 Å². The zero-order valence-corrected chi connectivity index (χ0v) is 12.5. The molecule has 0 spiro atoms. The number of hydrogen-bond donors (Lipinski definition) is 1. The van der Waals surface area contributed by atoms with Crippen LogP contribution in [0.25, 0.3) is 0 Å². The molecule has 7 nitrogen and oxygen atoms in total. The average Bonchev–Trinajstić information content (AvgIpc) is 2.91. The largest absolute Gasteiger partial charge is 0.315 e. The van der Waals surface area contributed by atoms with Crippen LogP contribution in [0.4, 0.5) is 5.69 Å². The number of nitrogens with zero attached hydrogens (tertiary/aromatic N) is 2. The van der Waals surface area contributed by atoms with E-state index in [9.17, 15) is 18.5 Å². The molecule has 1 N–H and O–H groups in total. The van der Waals surface area contributed by atoms with Gasteiger partial charge in [0.1, 0.15) is 0 Å². The number of nitro groups is 1. The number of benzene rings is 1. The lowest BCUT2D eigenvalue weighted by Crippen LogP contribution is -2.38. The van der Waals surface area contributed by atoms with Crippen LogP contribution in [0.15, 0.2) is 29.2 Å². The lowest BCUT2D eigenvalue weighted by atomic mass is 10.3. The van der Waals surface area contributed by atoms with Crippen molar-refractivity contribution in [2.45, 2.75) is 17.4 Å². The molecule has 1 aromatic carbocycles. The van der Waals surface area contributed by atoms with E-state index in [4.69, 9.17) is 0 Å². The van der Waals surface area contributed by atoms with Gasteiger partial charge in [0.25, 0.3) is 5.69 Å². The zero-order valence-electron chi connectivity index (χ0n) is 10.9. The predicted octanol–water partition coefficient (Wildman–Crippen LogP) is 0.999. The number of sulfonamides is 1. The monoisotopic (exact) mass is 321 g/mol. The lowest BCUT2D eigenvalue weighted by molar-refractivity contribution is -0.385. The minimum absolute atomic E-state index is 0. The fourth-order valence-corrected chi connectivity index (χ4v) is 3.50. The van der Waals surface area contributed by atoms with Crippen LogP contribution in [-0.4, -0.2) is 43.8 Å². The normalized spacial score (nSPS) is 18.8. The van der Waals surface area contributed by atoms with Gasteiger partial charge in [-0.15, -0.1) is 12.4 Å². The highest BCUT2D eigenvalue weighted by molar-refractivity contribution is 7.89. The van der Waals surface area contributed by atoms with Crippen LogP contribution >= 0.6 is 12.4 Å². The van der Waals surface area contributed by atoms with Gasteiger partial charge in [-0.05, 0) is 19.0 Å². The first-order chi connectivity index (χ1) is 8.93. The van der Waals surface area contributed by atoms with E-state index < -0.39 is 14.9 Å². The van der Waals surface area contributed by atoms with Crippen molar-refractivity contribution < 1.29 is 13.3 Å². The van der Waals surface area contributed by atoms with E-state index in [2.05, 4.69) is 5.32 Å². The molecule has 0 amide bonds. The molecule has 0 aliphatic carbocycles. The smallest absolute Gasteiger partial charge is 0.270 e. The summed E-state index contributed by atoms with van der Waals surface area (Å²) in [6, 6.07) is 5.02. The van der Waals surface area contributed by atoms with Gasteiger partial charge in [0.05, 0.1) is 9.82 Å². The topological polar surface area (TPSA) is 92.6 Å². The second-order valence-corrected chi connectivity index (χ2v) is 6.42. The summed E-state index contributed by atoms with van der Waals surface area (Å²) in [5.74, 6) is 0. The van der Waals surface area contributed by atoms with Gasteiger partial charge < -0.3 is 5.32 Å². The Hall–Kier alpha value is -1.22. The van der Waals surface area contributed by atoms with Crippen LogP contribution in [0.5, 0.6) is 0 Å². The third-order valence-electron chi connectivity index (χ3n) is 3.25. The summed E-state index contributed by atoms with van der Waals surface area (Å²) in [7, 11) is -2.18. The summed E-state index contributed by atoms with van der Waals surface area (Å²) in [6.07, 6.45) is 0.741. The van der Waals surface area contributed by atoms with Gasteiger partial charge in [0, 0.05) is 31.8 Å². The maximum absolute atomic E-state index is 12.4. The van der Waals surface area contributed by atoms with Gasteiger partial charge in [-0.25, -0.2) is 8.42 Å². The molecule has 1 aromatic rings. The minimum atomic E-state index is -3.69. The zero-order chi connectivity index (χ0) is 14.0. The third kappa shape index (κ3) is 3.26. The molecular weight excluding hydrogens is 306 g/mol. The number of rotatable bonds is 4. The number of likely N-dealkylation sites (N-methyl/N-ethyl adjacent to an activating group) is 1. The molecule has 20 heavy (non-hydrogen) atoms. The molecule has 0 bridgehead atoms. The maximum atomic E-state index is 12.4.